The molecule has 0 fully saturated rings. The van der Waals surface area contributed by atoms with Crippen molar-refractivity contribution in [1.29, 1.82) is 0 Å². The Bertz CT molecular complexity index is 165. The molecular formula is C5H7NO4. The van der Waals surface area contributed by atoms with E-state index >= 15 is 0 Å². The van der Waals surface area contributed by atoms with Crippen LogP contribution in [0.5, 0.6) is 0 Å². The molecule has 5 heteroatoms. The zero-order valence-electron chi connectivity index (χ0n) is 5.44. The number of rotatable bonds is 4. The van der Waals surface area contributed by atoms with Gasteiger partial charge in [-0.3, -0.25) is 19.7 Å². The van der Waals surface area contributed by atoms with Crippen molar-refractivity contribution in [2.24, 2.45) is 0 Å². The van der Waals surface area contributed by atoms with E-state index in [0.29, 0.717) is 0 Å². The van der Waals surface area contributed by atoms with Crippen molar-refractivity contribution in [2.75, 3.05) is 0 Å². The molecule has 0 heterocycles. The van der Waals surface area contributed by atoms with Gasteiger partial charge in [-0.1, -0.05) is 6.92 Å². The van der Waals surface area contributed by atoms with E-state index < -0.39 is 16.7 Å². The quantitative estimate of drug-likeness (QED) is 0.238. The van der Waals surface area contributed by atoms with Gasteiger partial charge in [-0.05, 0) is 0 Å². The number of nitrogens with zero attached hydrogens (tertiary/aromatic N) is 1. The van der Waals surface area contributed by atoms with Crippen LogP contribution in [0, 0.1) is 10.1 Å². The van der Waals surface area contributed by atoms with E-state index in [1.54, 1.807) is 0 Å². The van der Waals surface area contributed by atoms with Crippen LogP contribution in [-0.2, 0) is 9.59 Å². The molecule has 0 spiro atoms. The van der Waals surface area contributed by atoms with E-state index in [1.807, 2.05) is 0 Å². The minimum atomic E-state index is -1.66. The Balaban J connectivity index is 4.20. The van der Waals surface area contributed by atoms with Crippen molar-refractivity contribution in [1.82, 2.24) is 0 Å². The van der Waals surface area contributed by atoms with Crippen LogP contribution in [0.3, 0.4) is 0 Å². The topological polar surface area (TPSA) is 77.3 Å². The van der Waals surface area contributed by atoms with Gasteiger partial charge in [0.05, 0.1) is 0 Å². The van der Waals surface area contributed by atoms with Crippen molar-refractivity contribution in [3.8, 4) is 0 Å². The van der Waals surface area contributed by atoms with Crippen molar-refractivity contribution in [2.45, 2.75) is 19.4 Å². The van der Waals surface area contributed by atoms with Crippen LogP contribution >= 0.6 is 0 Å². The fourth-order valence-electron chi connectivity index (χ4n) is 0.452. The van der Waals surface area contributed by atoms with Crippen molar-refractivity contribution in [3.05, 3.63) is 10.1 Å². The summed E-state index contributed by atoms with van der Waals surface area (Å²) in [5.74, 6) is -0.653. The Morgan fingerprint density at radius 1 is 1.80 bits per heavy atom. The summed E-state index contributed by atoms with van der Waals surface area (Å²) in [4.78, 5) is 29.4. The van der Waals surface area contributed by atoms with Crippen LogP contribution in [0.1, 0.15) is 13.3 Å². The highest BCUT2D eigenvalue weighted by molar-refractivity contribution is 5.95. The minimum absolute atomic E-state index is 0.0182. The minimum Gasteiger partial charge on any atom is -0.295 e. The zero-order chi connectivity index (χ0) is 8.15. The molecule has 0 aliphatic heterocycles. The van der Waals surface area contributed by atoms with E-state index in [2.05, 4.69) is 0 Å². The predicted octanol–water partition coefficient (Wildman–Crippen LogP) is -0.190. The molecule has 5 nitrogen and oxygen atoms in total. The lowest BCUT2D eigenvalue weighted by molar-refractivity contribution is -0.491. The second-order valence-corrected chi connectivity index (χ2v) is 1.69. The van der Waals surface area contributed by atoms with Gasteiger partial charge in [-0.2, -0.15) is 0 Å². The van der Waals surface area contributed by atoms with Crippen molar-refractivity contribution in [3.63, 3.8) is 0 Å². The highest BCUT2D eigenvalue weighted by atomic mass is 16.6. The summed E-state index contributed by atoms with van der Waals surface area (Å²) in [6.45, 7) is 1.47. The lowest BCUT2D eigenvalue weighted by atomic mass is 10.2. The lowest BCUT2D eigenvalue weighted by Gasteiger charge is -1.96. The van der Waals surface area contributed by atoms with E-state index in [0.717, 1.165) is 0 Å². The summed E-state index contributed by atoms with van der Waals surface area (Å²) in [6.07, 6.45) is 0.0657. The Morgan fingerprint density at radius 3 is 2.40 bits per heavy atom. The smallest absolute Gasteiger partial charge is 0.295 e. The van der Waals surface area contributed by atoms with Gasteiger partial charge < -0.3 is 0 Å². The maximum atomic E-state index is 10.5. The molecular weight excluding hydrogens is 138 g/mol. The molecule has 1 unspecified atom stereocenters. The van der Waals surface area contributed by atoms with Gasteiger partial charge in [0.25, 0.3) is 0 Å². The average molecular weight is 145 g/mol. The highest BCUT2D eigenvalue weighted by Gasteiger charge is 2.26. The number of carbonyl (C=O) groups excluding carboxylic acids is 2. The third kappa shape index (κ3) is 1.93. The van der Waals surface area contributed by atoms with Crippen LogP contribution in [0.25, 0.3) is 0 Å². The van der Waals surface area contributed by atoms with Crippen molar-refractivity contribution >= 4 is 12.1 Å². The molecule has 0 bridgehead atoms. The summed E-state index contributed by atoms with van der Waals surface area (Å²) in [5.41, 5.74) is 0. The number of nitro groups is 1. The maximum Gasteiger partial charge on any atom is 0.324 e. The lowest BCUT2D eigenvalue weighted by Crippen LogP contribution is -2.30. The van der Waals surface area contributed by atoms with Gasteiger partial charge in [-0.25, -0.2) is 0 Å². The van der Waals surface area contributed by atoms with Crippen LogP contribution in [-0.4, -0.2) is 23.0 Å². The average Bonchev–Trinajstić information content (AvgIpc) is 1.88. The number of carbonyl (C=O) groups is 2. The summed E-state index contributed by atoms with van der Waals surface area (Å²) >= 11 is 0. The third-order valence-electron chi connectivity index (χ3n) is 1.03. The molecule has 10 heavy (non-hydrogen) atoms. The van der Waals surface area contributed by atoms with E-state index in [9.17, 15) is 19.7 Å². The standard InChI is InChI=1S/C5H7NO4/c1-2-5(8)4(3-7)6(9)10/h3-4H,2H2,1H3. The third-order valence-corrected chi connectivity index (χ3v) is 1.03. The Labute approximate surface area is 57.2 Å². The van der Waals surface area contributed by atoms with Gasteiger partial charge >= 0.3 is 6.04 Å². The molecule has 0 radical (unpaired) electrons. The van der Waals surface area contributed by atoms with Gasteiger partial charge in [0.15, 0.2) is 0 Å². The predicted molar refractivity (Wildman–Crippen MR) is 32.1 cm³/mol. The molecule has 0 amide bonds. The Hall–Kier alpha value is -1.26. The molecule has 0 saturated heterocycles. The van der Waals surface area contributed by atoms with Gasteiger partial charge in [0.2, 0.25) is 12.1 Å². The molecule has 0 saturated carbocycles. The van der Waals surface area contributed by atoms with Gasteiger partial charge in [-0.15, -0.1) is 0 Å². The number of Topliss-reactive ketones (excluding diaryl/α,β-unsaturated/α-hetero) is 1. The second kappa shape index (κ2) is 3.71. The Kier molecular flexibility index (Phi) is 3.24. The summed E-state index contributed by atoms with van der Waals surface area (Å²) < 4.78 is 0. The first-order chi connectivity index (χ1) is 4.63. The fourth-order valence-corrected chi connectivity index (χ4v) is 0.452. The van der Waals surface area contributed by atoms with Crippen LogP contribution in [0.15, 0.2) is 0 Å². The van der Waals surface area contributed by atoms with Crippen molar-refractivity contribution < 1.29 is 14.5 Å². The highest BCUT2D eigenvalue weighted by Crippen LogP contribution is 1.91. The number of aldehydes is 1. The van der Waals surface area contributed by atoms with Crippen LogP contribution in [0.4, 0.5) is 0 Å². The Morgan fingerprint density at radius 2 is 2.30 bits per heavy atom. The molecule has 56 valence electrons. The van der Waals surface area contributed by atoms with Crippen LogP contribution in [0.2, 0.25) is 0 Å². The zero-order valence-corrected chi connectivity index (χ0v) is 5.44. The van der Waals surface area contributed by atoms with E-state index in [4.69, 9.17) is 0 Å². The van der Waals surface area contributed by atoms with Crippen LogP contribution < -0.4 is 0 Å². The molecule has 0 aromatic heterocycles. The first kappa shape index (κ1) is 8.74. The van der Waals surface area contributed by atoms with E-state index in [1.165, 1.54) is 6.92 Å². The SMILES string of the molecule is CCC(=O)C(C=O)[N+](=O)[O-]. The second-order valence-electron chi connectivity index (χ2n) is 1.69. The maximum absolute atomic E-state index is 10.5. The molecule has 1 atom stereocenters. The molecule has 0 aromatic rings. The largest absolute Gasteiger partial charge is 0.324 e. The summed E-state index contributed by atoms with van der Waals surface area (Å²) in [6, 6.07) is -1.66. The van der Waals surface area contributed by atoms with E-state index in [-0.39, 0.29) is 12.7 Å². The number of hydrogen-bond donors (Lipinski definition) is 0. The fraction of sp³-hybridized carbons (Fsp3) is 0.600. The normalized spacial score (nSPS) is 12.1. The van der Waals surface area contributed by atoms with Gasteiger partial charge in [0, 0.05) is 11.3 Å². The molecule has 0 N–H and O–H groups in total. The molecule has 0 aliphatic carbocycles. The van der Waals surface area contributed by atoms with Gasteiger partial charge in [0.1, 0.15) is 0 Å². The monoisotopic (exact) mass is 145 g/mol. The molecule has 0 aromatic carbocycles. The summed E-state index contributed by atoms with van der Waals surface area (Å²) in [7, 11) is 0. The molecule has 0 aliphatic rings. The number of ketones is 1. The molecule has 0 rings (SSSR count). The first-order valence-corrected chi connectivity index (χ1v) is 2.75. The summed E-state index contributed by atoms with van der Waals surface area (Å²) in [5, 5.41) is 9.88. The first-order valence-electron chi connectivity index (χ1n) is 2.75. The number of hydrogen-bond acceptors (Lipinski definition) is 4.